The molecule has 0 aliphatic carbocycles. The summed E-state index contributed by atoms with van der Waals surface area (Å²) >= 11 is 1.12. The van der Waals surface area contributed by atoms with Gasteiger partial charge >= 0.3 is 5.97 Å². The molecule has 2 rings (SSSR count). The van der Waals surface area contributed by atoms with E-state index in [1.54, 1.807) is 11.4 Å². The van der Waals surface area contributed by atoms with Crippen molar-refractivity contribution in [2.24, 2.45) is 5.73 Å². The Bertz CT molecular complexity index is 801. The molecule has 0 radical (unpaired) electrons. The van der Waals surface area contributed by atoms with Crippen molar-refractivity contribution >= 4 is 40.2 Å². The fourth-order valence-corrected chi connectivity index (χ4v) is 2.52. The van der Waals surface area contributed by atoms with E-state index in [0.29, 0.717) is 0 Å². The summed E-state index contributed by atoms with van der Waals surface area (Å²) in [6.07, 6.45) is 2.27. The highest BCUT2D eigenvalue weighted by Crippen LogP contribution is 2.22. The van der Waals surface area contributed by atoms with Gasteiger partial charge in [0.1, 0.15) is 10.8 Å². The minimum atomic E-state index is -0.797. The number of thiophene rings is 1. The highest BCUT2D eigenvalue weighted by Gasteiger charge is 2.13. The van der Waals surface area contributed by atoms with Crippen molar-refractivity contribution in [3.8, 4) is 0 Å². The number of rotatable bonds is 6. The van der Waals surface area contributed by atoms with E-state index in [0.717, 1.165) is 17.4 Å². The number of carbonyl (C=O) groups is 3. The van der Waals surface area contributed by atoms with E-state index in [4.69, 9.17) is 10.5 Å². The normalized spacial score (nSPS) is 10.5. The van der Waals surface area contributed by atoms with Crippen molar-refractivity contribution in [2.75, 3.05) is 11.9 Å². The fraction of sp³-hybridized carbons (Fsp3) is 0.0625. The molecule has 1 heterocycles. The summed E-state index contributed by atoms with van der Waals surface area (Å²) in [6.45, 7) is -0.545. The number of benzene rings is 1. The third-order valence-electron chi connectivity index (χ3n) is 2.83. The number of ether oxygens (including phenoxy) is 1. The van der Waals surface area contributed by atoms with Crippen LogP contribution in [-0.4, -0.2) is 24.4 Å². The average molecular weight is 348 g/mol. The van der Waals surface area contributed by atoms with Crippen LogP contribution in [0.25, 0.3) is 6.08 Å². The Morgan fingerprint density at radius 1 is 1.25 bits per heavy atom. The zero-order valence-corrected chi connectivity index (χ0v) is 13.1. The zero-order chi connectivity index (χ0) is 17.5. The van der Waals surface area contributed by atoms with E-state index < -0.39 is 30.2 Å². The van der Waals surface area contributed by atoms with Crippen molar-refractivity contribution in [3.05, 3.63) is 58.7 Å². The Morgan fingerprint density at radius 2 is 2.00 bits per heavy atom. The monoisotopic (exact) mass is 348 g/mol. The van der Waals surface area contributed by atoms with Crippen LogP contribution in [-0.2, 0) is 14.3 Å². The first-order valence-corrected chi connectivity index (χ1v) is 7.62. The lowest BCUT2D eigenvalue weighted by Crippen LogP contribution is -2.21. The van der Waals surface area contributed by atoms with Gasteiger partial charge in [0.05, 0.1) is 5.56 Å². The number of hydrogen-bond donors (Lipinski definition) is 2. The lowest BCUT2D eigenvalue weighted by molar-refractivity contribution is -0.142. The quantitative estimate of drug-likeness (QED) is 0.617. The Labute approximate surface area is 140 Å². The predicted octanol–water partition coefficient (Wildman–Crippen LogP) is 2.18. The first-order valence-electron chi connectivity index (χ1n) is 6.74. The van der Waals surface area contributed by atoms with E-state index in [-0.39, 0.29) is 16.1 Å². The minimum absolute atomic E-state index is 0.180. The number of primary amides is 1. The second-order valence-corrected chi connectivity index (χ2v) is 5.45. The molecule has 1 aromatic heterocycles. The van der Waals surface area contributed by atoms with Gasteiger partial charge in [-0.1, -0.05) is 18.2 Å². The van der Waals surface area contributed by atoms with Gasteiger partial charge in [0, 0.05) is 11.6 Å². The molecule has 0 aliphatic heterocycles. The molecule has 2 amide bonds. The smallest absolute Gasteiger partial charge is 0.331 e. The van der Waals surface area contributed by atoms with Gasteiger partial charge in [0.15, 0.2) is 6.61 Å². The molecule has 3 N–H and O–H groups in total. The average Bonchev–Trinajstić information content (AvgIpc) is 3.00. The number of halogens is 1. The van der Waals surface area contributed by atoms with E-state index in [2.05, 4.69) is 5.32 Å². The molecule has 124 valence electrons. The second kappa shape index (κ2) is 8.02. The number of hydrogen-bond acceptors (Lipinski definition) is 5. The van der Waals surface area contributed by atoms with Crippen LogP contribution >= 0.6 is 11.3 Å². The molecule has 6 nitrogen and oxygen atoms in total. The number of nitrogens with two attached hydrogens (primary N) is 1. The molecule has 8 heteroatoms. The molecule has 0 saturated carbocycles. The number of nitrogens with one attached hydrogen (secondary N) is 1. The Morgan fingerprint density at radius 3 is 2.71 bits per heavy atom. The number of amides is 2. The lowest BCUT2D eigenvalue weighted by atomic mass is 10.2. The Balaban J connectivity index is 1.85. The van der Waals surface area contributed by atoms with Crippen LogP contribution in [0.5, 0.6) is 0 Å². The third-order valence-corrected chi connectivity index (χ3v) is 3.66. The second-order valence-electron chi connectivity index (χ2n) is 4.54. The van der Waals surface area contributed by atoms with Crippen molar-refractivity contribution in [1.29, 1.82) is 0 Å². The van der Waals surface area contributed by atoms with Crippen LogP contribution in [0.2, 0.25) is 0 Å². The van der Waals surface area contributed by atoms with Crippen molar-refractivity contribution in [3.63, 3.8) is 0 Å². The van der Waals surface area contributed by atoms with E-state index in [9.17, 15) is 18.8 Å². The van der Waals surface area contributed by atoms with Gasteiger partial charge < -0.3 is 15.8 Å². The van der Waals surface area contributed by atoms with Crippen LogP contribution in [0.15, 0.2) is 41.8 Å². The maximum absolute atomic E-state index is 13.4. The molecule has 0 aliphatic rings. The Kier molecular flexibility index (Phi) is 5.80. The third kappa shape index (κ3) is 4.75. The van der Waals surface area contributed by atoms with Gasteiger partial charge in [-0.05, 0) is 23.6 Å². The van der Waals surface area contributed by atoms with Crippen LogP contribution in [0.3, 0.4) is 0 Å². The molecule has 2 aromatic rings. The predicted molar refractivity (Wildman–Crippen MR) is 87.9 cm³/mol. The molecular weight excluding hydrogens is 335 g/mol. The minimum Gasteiger partial charge on any atom is -0.452 e. The van der Waals surface area contributed by atoms with Gasteiger partial charge in [-0.2, -0.15) is 0 Å². The number of esters is 1. The molecule has 0 fully saturated rings. The molecule has 0 spiro atoms. The van der Waals surface area contributed by atoms with Crippen molar-refractivity contribution < 1.29 is 23.5 Å². The van der Waals surface area contributed by atoms with Crippen LogP contribution in [0, 0.1) is 5.82 Å². The first kappa shape index (κ1) is 17.4. The summed E-state index contributed by atoms with van der Waals surface area (Å²) in [5.74, 6) is -2.56. The molecule has 0 unspecified atom stereocenters. The first-order chi connectivity index (χ1) is 11.5. The van der Waals surface area contributed by atoms with Gasteiger partial charge in [-0.15, -0.1) is 11.3 Å². The maximum Gasteiger partial charge on any atom is 0.331 e. The summed E-state index contributed by atoms with van der Waals surface area (Å²) in [5.41, 5.74) is 5.56. The molecule has 0 bridgehead atoms. The van der Waals surface area contributed by atoms with Crippen LogP contribution < -0.4 is 11.1 Å². The summed E-state index contributed by atoms with van der Waals surface area (Å²) < 4.78 is 18.1. The van der Waals surface area contributed by atoms with E-state index in [1.165, 1.54) is 30.3 Å². The molecule has 0 atom stereocenters. The highest BCUT2D eigenvalue weighted by atomic mass is 32.1. The lowest BCUT2D eigenvalue weighted by Gasteiger charge is -2.04. The number of carbonyl (C=O) groups excluding carboxylic acids is 3. The summed E-state index contributed by atoms with van der Waals surface area (Å²) in [6, 6.07) is 7.38. The van der Waals surface area contributed by atoms with Crippen LogP contribution in [0.4, 0.5) is 9.39 Å². The SMILES string of the molecule is NC(=O)c1ccsc1NC(=O)COC(=O)/C=C/c1ccccc1F. The van der Waals surface area contributed by atoms with Crippen molar-refractivity contribution in [1.82, 2.24) is 0 Å². The molecular formula is C16H13FN2O4S. The molecule has 0 saturated heterocycles. The maximum atomic E-state index is 13.4. The number of anilines is 1. The van der Waals surface area contributed by atoms with Crippen molar-refractivity contribution in [2.45, 2.75) is 0 Å². The fourth-order valence-electron chi connectivity index (χ4n) is 1.72. The molecule has 24 heavy (non-hydrogen) atoms. The summed E-state index contributed by atoms with van der Waals surface area (Å²) in [5, 5.41) is 4.31. The topological polar surface area (TPSA) is 98.5 Å². The largest absolute Gasteiger partial charge is 0.452 e. The summed E-state index contributed by atoms with van der Waals surface area (Å²) in [4.78, 5) is 34.4. The highest BCUT2D eigenvalue weighted by molar-refractivity contribution is 7.14. The van der Waals surface area contributed by atoms with Gasteiger partial charge in [0.25, 0.3) is 11.8 Å². The van der Waals surface area contributed by atoms with Gasteiger partial charge in [-0.25, -0.2) is 9.18 Å². The standard InChI is InChI=1S/C16H13FN2O4S/c17-12-4-2-1-3-10(12)5-6-14(21)23-9-13(20)19-16-11(15(18)22)7-8-24-16/h1-8H,9H2,(H2,18,22)(H,19,20)/b6-5+. The summed E-state index contributed by atoms with van der Waals surface area (Å²) in [7, 11) is 0. The van der Waals surface area contributed by atoms with E-state index >= 15 is 0 Å². The van der Waals surface area contributed by atoms with Gasteiger partial charge in [0.2, 0.25) is 0 Å². The Hall–Kier alpha value is -3.00. The molecule has 1 aromatic carbocycles. The zero-order valence-electron chi connectivity index (χ0n) is 12.3. The van der Waals surface area contributed by atoms with Crippen LogP contribution in [0.1, 0.15) is 15.9 Å². The van der Waals surface area contributed by atoms with E-state index in [1.807, 2.05) is 0 Å². The van der Waals surface area contributed by atoms with Gasteiger partial charge in [-0.3, -0.25) is 9.59 Å².